The molecule has 21 heavy (non-hydrogen) atoms. The Morgan fingerprint density at radius 3 is 2.57 bits per heavy atom. The zero-order chi connectivity index (χ0) is 15.7. The number of hydrogen-bond acceptors (Lipinski definition) is 6. The average molecular weight is 293 g/mol. The standard InChI is InChI=1S/C14H19N3O4/c1-20-8-3-6-16(7-9-21-2)13-5-4-12(11-15)14(10-13)17(18)19/h4-5,10H,3,6-9H2,1-2H3. The summed E-state index contributed by atoms with van der Waals surface area (Å²) in [5, 5.41) is 19.9. The number of methoxy groups -OCH3 is 2. The smallest absolute Gasteiger partial charge is 0.289 e. The number of anilines is 1. The molecule has 0 heterocycles. The number of hydrogen-bond donors (Lipinski definition) is 0. The van der Waals surface area contributed by atoms with Gasteiger partial charge in [0.2, 0.25) is 0 Å². The minimum atomic E-state index is -0.536. The van der Waals surface area contributed by atoms with Crippen molar-refractivity contribution in [1.82, 2.24) is 0 Å². The Morgan fingerprint density at radius 2 is 2.00 bits per heavy atom. The van der Waals surface area contributed by atoms with E-state index in [9.17, 15) is 10.1 Å². The van der Waals surface area contributed by atoms with Gasteiger partial charge in [-0.15, -0.1) is 0 Å². The van der Waals surface area contributed by atoms with Crippen LogP contribution in [-0.4, -0.2) is 45.4 Å². The third-order valence-electron chi connectivity index (χ3n) is 3.01. The van der Waals surface area contributed by atoms with E-state index in [0.29, 0.717) is 32.0 Å². The summed E-state index contributed by atoms with van der Waals surface area (Å²) in [7, 11) is 3.24. The van der Waals surface area contributed by atoms with Crippen molar-refractivity contribution < 1.29 is 14.4 Å². The summed E-state index contributed by atoms with van der Waals surface area (Å²) in [5.74, 6) is 0. The molecular formula is C14H19N3O4. The minimum Gasteiger partial charge on any atom is -0.385 e. The first-order valence-electron chi connectivity index (χ1n) is 6.55. The quantitative estimate of drug-likeness (QED) is 0.393. The predicted molar refractivity (Wildman–Crippen MR) is 78.4 cm³/mol. The molecule has 7 nitrogen and oxygen atoms in total. The first-order chi connectivity index (χ1) is 10.1. The Hall–Kier alpha value is -2.17. The molecular weight excluding hydrogens is 274 g/mol. The highest BCUT2D eigenvalue weighted by molar-refractivity contribution is 5.60. The molecule has 0 unspecified atom stereocenters. The van der Waals surface area contributed by atoms with Gasteiger partial charge in [0, 0.05) is 45.7 Å². The normalized spacial score (nSPS) is 10.1. The van der Waals surface area contributed by atoms with Gasteiger partial charge in [-0.25, -0.2) is 0 Å². The van der Waals surface area contributed by atoms with Crippen LogP contribution in [0, 0.1) is 21.4 Å². The fourth-order valence-corrected chi connectivity index (χ4v) is 1.93. The van der Waals surface area contributed by atoms with Crippen molar-refractivity contribution in [2.75, 3.05) is 45.4 Å². The summed E-state index contributed by atoms with van der Waals surface area (Å²) in [6.45, 7) is 2.44. The summed E-state index contributed by atoms with van der Waals surface area (Å²) in [6, 6.07) is 6.46. The number of nitro benzene ring substituents is 1. The molecule has 114 valence electrons. The topological polar surface area (TPSA) is 88.6 Å². The molecule has 7 heteroatoms. The van der Waals surface area contributed by atoms with Crippen molar-refractivity contribution in [3.05, 3.63) is 33.9 Å². The molecule has 1 aromatic carbocycles. The van der Waals surface area contributed by atoms with Crippen LogP contribution in [0.2, 0.25) is 0 Å². The second kappa shape index (κ2) is 8.89. The number of nitrogens with zero attached hydrogens (tertiary/aromatic N) is 3. The number of nitro groups is 1. The molecule has 0 saturated heterocycles. The summed E-state index contributed by atoms with van der Waals surface area (Å²) in [4.78, 5) is 12.5. The zero-order valence-electron chi connectivity index (χ0n) is 12.2. The highest BCUT2D eigenvalue weighted by Crippen LogP contribution is 2.25. The minimum absolute atomic E-state index is 0.0623. The summed E-state index contributed by atoms with van der Waals surface area (Å²) in [6.07, 6.45) is 0.800. The van der Waals surface area contributed by atoms with Crippen molar-refractivity contribution >= 4 is 11.4 Å². The second-order valence-corrected chi connectivity index (χ2v) is 4.40. The van der Waals surface area contributed by atoms with Crippen molar-refractivity contribution in [3.8, 4) is 6.07 Å². The van der Waals surface area contributed by atoms with Gasteiger partial charge in [0.25, 0.3) is 5.69 Å². The van der Waals surface area contributed by atoms with Crippen molar-refractivity contribution in [3.63, 3.8) is 0 Å². The van der Waals surface area contributed by atoms with Crippen LogP contribution in [-0.2, 0) is 9.47 Å². The van der Waals surface area contributed by atoms with Gasteiger partial charge < -0.3 is 14.4 Å². The first kappa shape index (κ1) is 16.9. The van der Waals surface area contributed by atoms with Crippen LogP contribution in [0.15, 0.2) is 18.2 Å². The van der Waals surface area contributed by atoms with Crippen molar-refractivity contribution in [2.45, 2.75) is 6.42 Å². The van der Waals surface area contributed by atoms with Crippen molar-refractivity contribution in [2.24, 2.45) is 0 Å². The molecule has 1 rings (SSSR count). The summed E-state index contributed by atoms with van der Waals surface area (Å²) < 4.78 is 10.1. The lowest BCUT2D eigenvalue weighted by Crippen LogP contribution is -2.29. The van der Waals surface area contributed by atoms with Gasteiger partial charge >= 0.3 is 0 Å². The number of rotatable bonds is 9. The fraction of sp³-hybridized carbons (Fsp3) is 0.500. The second-order valence-electron chi connectivity index (χ2n) is 4.40. The molecule has 0 aromatic heterocycles. The van der Waals surface area contributed by atoms with E-state index in [1.165, 1.54) is 12.1 Å². The molecule has 0 aliphatic heterocycles. The highest BCUT2D eigenvalue weighted by atomic mass is 16.6. The Balaban J connectivity index is 2.97. The van der Waals surface area contributed by atoms with Crippen LogP contribution < -0.4 is 4.90 Å². The van der Waals surface area contributed by atoms with E-state index in [-0.39, 0.29) is 11.3 Å². The molecule has 0 aliphatic carbocycles. The molecule has 0 saturated carbocycles. The molecule has 0 radical (unpaired) electrons. The summed E-state index contributed by atoms with van der Waals surface area (Å²) >= 11 is 0. The Bertz CT molecular complexity index is 513. The number of benzene rings is 1. The lowest BCUT2D eigenvalue weighted by Gasteiger charge is -2.24. The Morgan fingerprint density at radius 1 is 1.29 bits per heavy atom. The first-order valence-corrected chi connectivity index (χ1v) is 6.55. The van der Waals surface area contributed by atoms with Crippen LogP contribution in [0.3, 0.4) is 0 Å². The monoisotopic (exact) mass is 293 g/mol. The molecule has 0 atom stereocenters. The van der Waals surface area contributed by atoms with E-state index >= 15 is 0 Å². The zero-order valence-corrected chi connectivity index (χ0v) is 12.2. The maximum absolute atomic E-state index is 11.0. The lowest BCUT2D eigenvalue weighted by molar-refractivity contribution is -0.385. The van der Waals surface area contributed by atoms with Crippen molar-refractivity contribution in [1.29, 1.82) is 5.26 Å². The van der Waals surface area contributed by atoms with Gasteiger partial charge in [-0.1, -0.05) is 0 Å². The van der Waals surface area contributed by atoms with Gasteiger partial charge in [0.05, 0.1) is 11.5 Å². The van der Waals surface area contributed by atoms with E-state index in [0.717, 1.165) is 6.42 Å². The lowest BCUT2D eigenvalue weighted by atomic mass is 10.1. The molecule has 0 bridgehead atoms. The van der Waals surface area contributed by atoms with Gasteiger partial charge in [-0.2, -0.15) is 5.26 Å². The van der Waals surface area contributed by atoms with Gasteiger partial charge in [-0.05, 0) is 18.6 Å². The molecule has 0 spiro atoms. The van der Waals surface area contributed by atoms with Crippen LogP contribution >= 0.6 is 0 Å². The third kappa shape index (κ3) is 5.02. The maximum Gasteiger partial charge on any atom is 0.289 e. The van der Waals surface area contributed by atoms with Crippen LogP contribution in [0.4, 0.5) is 11.4 Å². The maximum atomic E-state index is 11.0. The van der Waals surface area contributed by atoms with E-state index in [1.54, 1.807) is 20.3 Å². The Kier molecular flexibility index (Phi) is 7.15. The largest absolute Gasteiger partial charge is 0.385 e. The fourth-order valence-electron chi connectivity index (χ4n) is 1.93. The predicted octanol–water partition coefficient (Wildman–Crippen LogP) is 1.96. The van der Waals surface area contributed by atoms with E-state index in [4.69, 9.17) is 14.7 Å². The SMILES string of the molecule is COCCCN(CCOC)c1ccc(C#N)c([N+](=O)[O-])c1. The van der Waals surface area contributed by atoms with E-state index in [1.807, 2.05) is 11.0 Å². The van der Waals surface area contributed by atoms with Gasteiger partial charge in [0.15, 0.2) is 0 Å². The van der Waals surface area contributed by atoms with Gasteiger partial charge in [0.1, 0.15) is 11.6 Å². The van der Waals surface area contributed by atoms with Crippen LogP contribution in [0.25, 0.3) is 0 Å². The van der Waals surface area contributed by atoms with E-state index in [2.05, 4.69) is 0 Å². The molecule has 0 N–H and O–H groups in total. The van der Waals surface area contributed by atoms with Crippen LogP contribution in [0.5, 0.6) is 0 Å². The number of ether oxygens (including phenoxy) is 2. The number of nitriles is 1. The average Bonchev–Trinajstić information content (AvgIpc) is 2.50. The third-order valence-corrected chi connectivity index (χ3v) is 3.01. The van der Waals surface area contributed by atoms with Gasteiger partial charge in [-0.3, -0.25) is 10.1 Å². The van der Waals surface area contributed by atoms with Crippen LogP contribution in [0.1, 0.15) is 12.0 Å². The molecule has 1 aromatic rings. The highest BCUT2D eigenvalue weighted by Gasteiger charge is 2.17. The Labute approximate surface area is 123 Å². The molecule has 0 aliphatic rings. The molecule has 0 amide bonds. The molecule has 0 fully saturated rings. The van der Waals surface area contributed by atoms with E-state index < -0.39 is 4.92 Å². The summed E-state index contributed by atoms with van der Waals surface area (Å²) in [5.41, 5.74) is 0.588.